The minimum absolute atomic E-state index is 0. The van der Waals surface area contributed by atoms with Gasteiger partial charge in [-0.2, -0.15) is 0 Å². The summed E-state index contributed by atoms with van der Waals surface area (Å²) in [5.74, 6) is -1.50. The van der Waals surface area contributed by atoms with Gasteiger partial charge >= 0.3 is 5.97 Å². The summed E-state index contributed by atoms with van der Waals surface area (Å²) in [5.41, 5.74) is 7.24. The molecule has 0 saturated carbocycles. The van der Waals surface area contributed by atoms with Crippen molar-refractivity contribution in [2.24, 2.45) is 5.73 Å². The van der Waals surface area contributed by atoms with Gasteiger partial charge in [0.05, 0.1) is 0 Å². The van der Waals surface area contributed by atoms with Crippen LogP contribution in [-0.4, -0.2) is 50.4 Å². The molecule has 1 aromatic rings. The molecule has 2 heterocycles. The maximum atomic E-state index is 12.3. The summed E-state index contributed by atoms with van der Waals surface area (Å²) < 4.78 is 0. The molecule has 8 nitrogen and oxygen atoms in total. The van der Waals surface area contributed by atoms with E-state index in [1.165, 1.54) is 16.7 Å². The van der Waals surface area contributed by atoms with E-state index in [2.05, 4.69) is 5.32 Å². The van der Waals surface area contributed by atoms with Crippen molar-refractivity contribution in [2.45, 2.75) is 24.4 Å². The number of hydrogen-bond acceptors (Lipinski definition) is 5. The predicted molar refractivity (Wildman–Crippen MR) is 92.3 cm³/mol. The standard InChI is InChI=1S/C16H17N3O4S.H2O/c1-8-7-24-15-11(14(21)19(15)12(8)16(22)23)18-13(20)10(17)9-5-3-2-4-6-9;/h2-6,10-11,15H,7,17H2,1H3,(H,18,20)(H,22,23);1H2/t10?,11-,15-;/m1./s1. The second-order valence-corrected chi connectivity index (χ2v) is 6.82. The van der Waals surface area contributed by atoms with E-state index in [1.54, 1.807) is 31.2 Å². The van der Waals surface area contributed by atoms with E-state index < -0.39 is 35.2 Å². The zero-order valence-electron chi connectivity index (χ0n) is 13.4. The highest BCUT2D eigenvalue weighted by atomic mass is 32.2. The van der Waals surface area contributed by atoms with Crippen LogP contribution in [0.3, 0.4) is 0 Å². The van der Waals surface area contributed by atoms with Crippen molar-refractivity contribution in [3.8, 4) is 0 Å². The molecule has 3 rings (SSSR count). The lowest BCUT2D eigenvalue weighted by Crippen LogP contribution is -2.71. The van der Waals surface area contributed by atoms with Gasteiger partial charge in [-0.25, -0.2) is 4.79 Å². The Bertz CT molecular complexity index is 737. The Kier molecular flexibility index (Phi) is 5.51. The highest BCUT2D eigenvalue weighted by molar-refractivity contribution is 8.00. The molecule has 3 atom stereocenters. The van der Waals surface area contributed by atoms with Gasteiger partial charge in [0.2, 0.25) is 5.91 Å². The number of fused-ring (bicyclic) bond motifs is 1. The van der Waals surface area contributed by atoms with Gasteiger partial charge in [-0.3, -0.25) is 14.5 Å². The summed E-state index contributed by atoms with van der Waals surface area (Å²) in [5, 5.41) is 11.5. The molecule has 0 aliphatic carbocycles. The van der Waals surface area contributed by atoms with Gasteiger partial charge in [0.1, 0.15) is 23.2 Å². The van der Waals surface area contributed by atoms with Gasteiger partial charge in [0, 0.05) is 5.75 Å². The fourth-order valence-corrected chi connectivity index (χ4v) is 4.12. The van der Waals surface area contributed by atoms with Gasteiger partial charge in [0.15, 0.2) is 0 Å². The molecule has 9 heteroatoms. The zero-order chi connectivity index (χ0) is 17.4. The first-order valence-corrected chi connectivity index (χ1v) is 8.45. The molecule has 25 heavy (non-hydrogen) atoms. The second-order valence-electron chi connectivity index (χ2n) is 5.72. The summed E-state index contributed by atoms with van der Waals surface area (Å²) in [6, 6.07) is 7.23. The van der Waals surface area contributed by atoms with Crippen molar-refractivity contribution in [2.75, 3.05) is 5.75 Å². The van der Waals surface area contributed by atoms with Gasteiger partial charge < -0.3 is 21.6 Å². The molecule has 0 spiro atoms. The smallest absolute Gasteiger partial charge is 0.352 e. The largest absolute Gasteiger partial charge is 0.477 e. The van der Waals surface area contributed by atoms with Crippen molar-refractivity contribution in [3.63, 3.8) is 0 Å². The number of hydrogen-bond donors (Lipinski definition) is 3. The Morgan fingerprint density at radius 2 is 2.00 bits per heavy atom. The van der Waals surface area contributed by atoms with E-state index in [1.807, 2.05) is 6.07 Å². The average Bonchev–Trinajstić information content (AvgIpc) is 2.59. The number of thioether (sulfide) groups is 1. The number of nitrogens with two attached hydrogens (primary N) is 1. The van der Waals surface area contributed by atoms with Gasteiger partial charge in [0.25, 0.3) is 5.91 Å². The highest BCUT2D eigenvalue weighted by Crippen LogP contribution is 2.40. The summed E-state index contributed by atoms with van der Waals surface area (Å²) in [7, 11) is 0. The third kappa shape index (κ3) is 3.26. The van der Waals surface area contributed by atoms with Crippen molar-refractivity contribution in [1.82, 2.24) is 10.2 Å². The third-order valence-corrected chi connectivity index (χ3v) is 5.52. The van der Waals surface area contributed by atoms with Crippen LogP contribution in [0.5, 0.6) is 0 Å². The van der Waals surface area contributed by atoms with Gasteiger partial charge in [-0.1, -0.05) is 30.3 Å². The first kappa shape index (κ1) is 19.0. The average molecular weight is 365 g/mol. The number of benzene rings is 1. The van der Waals surface area contributed by atoms with Gasteiger partial charge in [-0.15, -0.1) is 11.8 Å². The summed E-state index contributed by atoms with van der Waals surface area (Å²) >= 11 is 1.43. The molecule has 0 bridgehead atoms. The number of rotatable bonds is 4. The van der Waals surface area contributed by atoms with Crippen molar-refractivity contribution in [1.29, 1.82) is 0 Å². The van der Waals surface area contributed by atoms with E-state index >= 15 is 0 Å². The van der Waals surface area contributed by atoms with Crippen molar-refractivity contribution < 1.29 is 25.0 Å². The van der Waals surface area contributed by atoms with Crippen molar-refractivity contribution in [3.05, 3.63) is 47.2 Å². The SMILES string of the molecule is CC1=C(C(=O)O)N2C(=O)[C@@H](NC(=O)C(N)c3ccccc3)[C@H]2SC1.O. The highest BCUT2D eigenvalue weighted by Gasteiger charge is 2.53. The maximum absolute atomic E-state index is 12.3. The van der Waals surface area contributed by atoms with Crippen LogP contribution in [0.1, 0.15) is 18.5 Å². The van der Waals surface area contributed by atoms with E-state index in [-0.39, 0.29) is 11.2 Å². The summed E-state index contributed by atoms with van der Waals surface area (Å²) in [6.45, 7) is 1.69. The number of nitrogens with zero attached hydrogens (tertiary/aromatic N) is 1. The monoisotopic (exact) mass is 365 g/mol. The molecule has 1 aromatic carbocycles. The minimum Gasteiger partial charge on any atom is -0.477 e. The lowest BCUT2D eigenvalue weighted by atomic mass is 10.0. The Morgan fingerprint density at radius 1 is 1.36 bits per heavy atom. The molecule has 2 aliphatic heterocycles. The molecule has 1 fully saturated rings. The van der Waals surface area contributed by atoms with Gasteiger partial charge in [-0.05, 0) is 18.1 Å². The molecule has 0 radical (unpaired) electrons. The van der Waals surface area contributed by atoms with Crippen LogP contribution < -0.4 is 11.1 Å². The lowest BCUT2D eigenvalue weighted by molar-refractivity contribution is -0.150. The van der Waals surface area contributed by atoms with Crippen LogP contribution in [0.25, 0.3) is 0 Å². The molecular weight excluding hydrogens is 346 g/mol. The van der Waals surface area contributed by atoms with Crippen LogP contribution in [0.15, 0.2) is 41.6 Å². The van der Waals surface area contributed by atoms with Crippen LogP contribution in [0.4, 0.5) is 0 Å². The fourth-order valence-electron chi connectivity index (χ4n) is 2.83. The number of amides is 2. The topological polar surface area (TPSA) is 144 Å². The minimum atomic E-state index is -1.13. The Hall–Kier alpha value is -2.36. The van der Waals surface area contributed by atoms with Crippen LogP contribution >= 0.6 is 11.8 Å². The Morgan fingerprint density at radius 3 is 2.60 bits per heavy atom. The normalized spacial score (nSPS) is 23.1. The molecule has 2 aliphatic rings. The van der Waals surface area contributed by atoms with Crippen LogP contribution in [0.2, 0.25) is 0 Å². The molecular formula is C16H19N3O5S. The molecule has 1 saturated heterocycles. The number of carboxylic acid groups (broad SMARTS) is 1. The van der Waals surface area contributed by atoms with Crippen molar-refractivity contribution >= 4 is 29.5 Å². The maximum Gasteiger partial charge on any atom is 0.352 e. The first-order valence-electron chi connectivity index (χ1n) is 7.40. The molecule has 0 aromatic heterocycles. The van der Waals surface area contributed by atoms with E-state index in [9.17, 15) is 19.5 Å². The molecule has 1 unspecified atom stereocenters. The zero-order valence-corrected chi connectivity index (χ0v) is 14.2. The van der Waals surface area contributed by atoms with E-state index in [0.717, 1.165) is 0 Å². The Labute approximate surface area is 148 Å². The number of nitrogens with one attached hydrogen (secondary N) is 1. The number of carbonyl (C=O) groups excluding carboxylic acids is 2. The number of aliphatic carboxylic acids is 1. The van der Waals surface area contributed by atoms with E-state index in [0.29, 0.717) is 16.9 Å². The Balaban J connectivity index is 0.00000225. The molecule has 6 N–H and O–H groups in total. The quantitative estimate of drug-likeness (QED) is 0.620. The summed E-state index contributed by atoms with van der Waals surface area (Å²) in [6.07, 6.45) is 0. The predicted octanol–water partition coefficient (Wildman–Crippen LogP) is -0.380. The van der Waals surface area contributed by atoms with Crippen LogP contribution in [-0.2, 0) is 14.4 Å². The van der Waals surface area contributed by atoms with Crippen LogP contribution in [0, 0.1) is 0 Å². The third-order valence-electron chi connectivity index (χ3n) is 4.10. The number of carboxylic acids is 1. The first-order chi connectivity index (χ1) is 11.4. The van der Waals surface area contributed by atoms with E-state index in [4.69, 9.17) is 5.73 Å². The number of β-lactam (4-membered cyclic amide) rings is 1. The second kappa shape index (κ2) is 7.26. The fraction of sp³-hybridized carbons (Fsp3) is 0.312. The lowest BCUT2D eigenvalue weighted by Gasteiger charge is -2.49. The number of carbonyl (C=O) groups is 3. The molecule has 134 valence electrons. The molecule has 2 amide bonds. The summed E-state index contributed by atoms with van der Waals surface area (Å²) in [4.78, 5) is 37.2.